The second-order valence-corrected chi connectivity index (χ2v) is 7.16. The van der Waals surface area contributed by atoms with Crippen molar-refractivity contribution < 1.29 is 13.2 Å². The van der Waals surface area contributed by atoms with Gasteiger partial charge in [-0.3, -0.25) is 0 Å². The molecule has 0 aromatic heterocycles. The smallest absolute Gasteiger partial charge is 0.209 e. The molecule has 0 heterocycles. The second-order valence-electron chi connectivity index (χ2n) is 5.50. The summed E-state index contributed by atoms with van der Waals surface area (Å²) in [5.41, 5.74) is 0. The van der Waals surface area contributed by atoms with Gasteiger partial charge in [0.15, 0.2) is 0 Å². The molecule has 0 radical (unpaired) electrons. The van der Waals surface area contributed by atoms with Gasteiger partial charge in [-0.15, -0.1) is 0 Å². The van der Waals surface area contributed by atoms with Crippen molar-refractivity contribution in [1.29, 1.82) is 0 Å². The van der Waals surface area contributed by atoms with Gasteiger partial charge in [0.05, 0.1) is 18.5 Å². The van der Waals surface area contributed by atoms with Crippen molar-refractivity contribution in [2.45, 2.75) is 58.5 Å². The van der Waals surface area contributed by atoms with E-state index in [2.05, 4.69) is 6.92 Å². The first kappa shape index (κ1) is 15.9. The summed E-state index contributed by atoms with van der Waals surface area (Å²) in [7, 11) is -3.38. The molecule has 18 heavy (non-hydrogen) atoms. The number of hydrogen-bond acceptors (Lipinski definition) is 3. The fourth-order valence-corrected chi connectivity index (χ4v) is 3.64. The van der Waals surface area contributed by atoms with E-state index in [1.807, 2.05) is 6.92 Å². The number of hydrogen-bond donors (Lipinski definition) is 1. The van der Waals surface area contributed by atoms with Crippen LogP contribution in [-0.2, 0) is 14.8 Å². The Labute approximate surface area is 111 Å². The SMILES string of the molecule is CCC1CCCC(OCC(CC)CS(N)(=O)=O)C1. The third-order valence-electron chi connectivity index (χ3n) is 3.93. The molecule has 108 valence electrons. The summed E-state index contributed by atoms with van der Waals surface area (Å²) >= 11 is 0. The van der Waals surface area contributed by atoms with E-state index < -0.39 is 10.0 Å². The highest BCUT2D eigenvalue weighted by Crippen LogP contribution is 2.28. The summed E-state index contributed by atoms with van der Waals surface area (Å²) in [4.78, 5) is 0. The Balaban J connectivity index is 2.33. The van der Waals surface area contributed by atoms with Gasteiger partial charge < -0.3 is 4.74 Å². The van der Waals surface area contributed by atoms with E-state index in [9.17, 15) is 8.42 Å². The van der Waals surface area contributed by atoms with E-state index in [0.29, 0.717) is 12.7 Å². The lowest BCUT2D eigenvalue weighted by molar-refractivity contribution is -0.00306. The molecular formula is C13H27NO3S. The normalized spacial score (nSPS) is 27.1. The molecule has 0 aromatic carbocycles. The van der Waals surface area contributed by atoms with Crippen molar-refractivity contribution in [3.8, 4) is 0 Å². The topological polar surface area (TPSA) is 69.4 Å². The molecule has 1 rings (SSSR count). The Morgan fingerprint density at radius 1 is 1.33 bits per heavy atom. The van der Waals surface area contributed by atoms with Crippen molar-refractivity contribution in [3.05, 3.63) is 0 Å². The van der Waals surface area contributed by atoms with Crippen LogP contribution in [0.25, 0.3) is 0 Å². The predicted molar refractivity (Wildman–Crippen MR) is 73.7 cm³/mol. The van der Waals surface area contributed by atoms with Crippen molar-refractivity contribution in [2.24, 2.45) is 17.0 Å². The van der Waals surface area contributed by atoms with Crippen LogP contribution >= 0.6 is 0 Å². The van der Waals surface area contributed by atoms with Crippen molar-refractivity contribution in [3.63, 3.8) is 0 Å². The van der Waals surface area contributed by atoms with Crippen LogP contribution in [0.3, 0.4) is 0 Å². The van der Waals surface area contributed by atoms with Gasteiger partial charge in [0.25, 0.3) is 0 Å². The molecule has 4 nitrogen and oxygen atoms in total. The molecule has 1 aliphatic carbocycles. The van der Waals surface area contributed by atoms with Crippen LogP contribution < -0.4 is 5.14 Å². The zero-order valence-electron chi connectivity index (χ0n) is 11.6. The van der Waals surface area contributed by atoms with Gasteiger partial charge in [0.2, 0.25) is 10.0 Å². The molecule has 3 atom stereocenters. The van der Waals surface area contributed by atoms with Crippen molar-refractivity contribution >= 4 is 10.0 Å². The highest BCUT2D eigenvalue weighted by atomic mass is 32.2. The molecule has 5 heteroatoms. The molecule has 0 saturated heterocycles. The third-order valence-corrected chi connectivity index (χ3v) is 4.86. The Kier molecular flexibility index (Phi) is 6.60. The van der Waals surface area contributed by atoms with Gasteiger partial charge >= 0.3 is 0 Å². The lowest BCUT2D eigenvalue weighted by atomic mass is 9.85. The minimum absolute atomic E-state index is 0.0296. The van der Waals surface area contributed by atoms with Gasteiger partial charge in [0.1, 0.15) is 0 Å². The molecule has 0 amide bonds. The van der Waals surface area contributed by atoms with Crippen LogP contribution in [-0.4, -0.2) is 26.9 Å². The summed E-state index contributed by atoms with van der Waals surface area (Å²) in [6.07, 6.45) is 7.11. The number of nitrogens with two attached hydrogens (primary N) is 1. The molecular weight excluding hydrogens is 250 g/mol. The molecule has 0 aliphatic heterocycles. The standard InChI is InChI=1S/C13H27NO3S/c1-3-11-6-5-7-13(8-11)17-9-12(4-2)10-18(14,15)16/h11-13H,3-10H2,1-2H3,(H2,14,15,16). The fraction of sp³-hybridized carbons (Fsp3) is 1.00. The summed E-state index contributed by atoms with van der Waals surface area (Å²) < 4.78 is 28.0. The van der Waals surface area contributed by atoms with E-state index in [1.165, 1.54) is 19.3 Å². The first-order valence-electron chi connectivity index (χ1n) is 7.06. The first-order chi connectivity index (χ1) is 8.44. The summed E-state index contributed by atoms with van der Waals surface area (Å²) in [6, 6.07) is 0. The van der Waals surface area contributed by atoms with E-state index >= 15 is 0 Å². The maximum Gasteiger partial charge on any atom is 0.209 e. The molecule has 0 spiro atoms. The van der Waals surface area contributed by atoms with Gasteiger partial charge in [-0.2, -0.15) is 0 Å². The maximum atomic E-state index is 11.1. The highest BCUT2D eigenvalue weighted by Gasteiger charge is 2.23. The van der Waals surface area contributed by atoms with E-state index in [1.54, 1.807) is 0 Å². The largest absolute Gasteiger partial charge is 0.378 e. The number of sulfonamides is 1. The average Bonchev–Trinajstić information content (AvgIpc) is 2.33. The predicted octanol–water partition coefficient (Wildman–Crippen LogP) is 2.29. The van der Waals surface area contributed by atoms with E-state index in [0.717, 1.165) is 25.2 Å². The van der Waals surface area contributed by atoms with Crippen molar-refractivity contribution in [2.75, 3.05) is 12.4 Å². The number of rotatable bonds is 7. The monoisotopic (exact) mass is 277 g/mol. The quantitative estimate of drug-likeness (QED) is 0.776. The Morgan fingerprint density at radius 3 is 2.61 bits per heavy atom. The lowest BCUT2D eigenvalue weighted by Crippen LogP contribution is -2.29. The molecule has 2 N–H and O–H groups in total. The fourth-order valence-electron chi connectivity index (χ4n) is 2.65. The summed E-state index contributed by atoms with van der Waals surface area (Å²) in [5, 5.41) is 5.08. The van der Waals surface area contributed by atoms with Crippen LogP contribution in [0.15, 0.2) is 0 Å². The maximum absolute atomic E-state index is 11.1. The highest BCUT2D eigenvalue weighted by molar-refractivity contribution is 7.89. The Bertz CT molecular complexity index is 329. The molecule has 3 unspecified atom stereocenters. The molecule has 1 aliphatic rings. The zero-order valence-corrected chi connectivity index (χ0v) is 12.4. The minimum Gasteiger partial charge on any atom is -0.378 e. The summed E-state index contributed by atoms with van der Waals surface area (Å²) in [5.74, 6) is 0.844. The van der Waals surface area contributed by atoms with Gasteiger partial charge in [-0.1, -0.05) is 39.5 Å². The molecule has 1 fully saturated rings. The van der Waals surface area contributed by atoms with Crippen LogP contribution in [0.4, 0.5) is 0 Å². The Morgan fingerprint density at radius 2 is 2.06 bits per heavy atom. The first-order valence-corrected chi connectivity index (χ1v) is 8.78. The molecule has 0 bridgehead atoms. The van der Waals surface area contributed by atoms with Crippen LogP contribution in [0.2, 0.25) is 0 Å². The third kappa shape index (κ3) is 6.16. The zero-order chi connectivity index (χ0) is 13.6. The lowest BCUT2D eigenvalue weighted by Gasteiger charge is -2.29. The minimum atomic E-state index is -3.38. The molecule has 1 saturated carbocycles. The van der Waals surface area contributed by atoms with Crippen molar-refractivity contribution in [1.82, 2.24) is 0 Å². The van der Waals surface area contributed by atoms with E-state index in [-0.39, 0.29) is 11.7 Å². The average molecular weight is 277 g/mol. The number of ether oxygens (including phenoxy) is 1. The van der Waals surface area contributed by atoms with Crippen LogP contribution in [0, 0.1) is 11.8 Å². The van der Waals surface area contributed by atoms with E-state index in [4.69, 9.17) is 9.88 Å². The van der Waals surface area contributed by atoms with Crippen LogP contribution in [0.5, 0.6) is 0 Å². The summed E-state index contributed by atoms with van der Waals surface area (Å²) in [6.45, 7) is 4.73. The van der Waals surface area contributed by atoms with Gasteiger partial charge in [-0.25, -0.2) is 13.6 Å². The molecule has 0 aromatic rings. The number of primary sulfonamides is 1. The van der Waals surface area contributed by atoms with Crippen LogP contribution in [0.1, 0.15) is 52.4 Å². The van der Waals surface area contributed by atoms with Gasteiger partial charge in [0, 0.05) is 0 Å². The van der Waals surface area contributed by atoms with Gasteiger partial charge in [-0.05, 0) is 24.7 Å². The Hall–Kier alpha value is -0.130. The second kappa shape index (κ2) is 7.46.